The SMILES string of the molecule is CC(C)(C)NC(=O)[C@@H](NC(=O)c1nc(-c2ccc(F)c(F)c2)n2c1CCCCC2)C(C)(C)C. The van der Waals surface area contributed by atoms with Gasteiger partial charge in [-0.3, -0.25) is 9.59 Å². The Kier molecular flexibility index (Phi) is 6.96. The molecule has 0 saturated heterocycles. The number of fused-ring (bicyclic) bond motifs is 1. The van der Waals surface area contributed by atoms with Gasteiger partial charge < -0.3 is 15.2 Å². The smallest absolute Gasteiger partial charge is 0.272 e. The highest BCUT2D eigenvalue weighted by atomic mass is 19.2. The number of aromatic nitrogens is 2. The highest BCUT2D eigenvalue weighted by Crippen LogP contribution is 2.29. The first-order valence-electron chi connectivity index (χ1n) is 11.5. The van der Waals surface area contributed by atoms with E-state index in [2.05, 4.69) is 15.6 Å². The summed E-state index contributed by atoms with van der Waals surface area (Å²) in [5, 5.41) is 5.83. The van der Waals surface area contributed by atoms with Crippen molar-refractivity contribution in [1.29, 1.82) is 0 Å². The molecule has 2 amide bonds. The molecular formula is C25H34F2N4O2. The summed E-state index contributed by atoms with van der Waals surface area (Å²) in [7, 11) is 0. The van der Waals surface area contributed by atoms with Crippen LogP contribution in [-0.4, -0.2) is 32.9 Å². The van der Waals surface area contributed by atoms with Gasteiger partial charge in [-0.05, 0) is 63.6 Å². The number of imidazole rings is 1. The van der Waals surface area contributed by atoms with E-state index < -0.39 is 34.5 Å². The van der Waals surface area contributed by atoms with Crippen LogP contribution in [0.1, 0.15) is 77.0 Å². The molecule has 8 heteroatoms. The molecule has 1 atom stereocenters. The van der Waals surface area contributed by atoms with Crippen molar-refractivity contribution >= 4 is 11.8 Å². The molecule has 0 saturated carbocycles. The maximum atomic E-state index is 13.9. The molecule has 2 aromatic rings. The number of benzene rings is 1. The summed E-state index contributed by atoms with van der Waals surface area (Å²) in [6, 6.07) is 2.86. The van der Waals surface area contributed by atoms with Crippen LogP contribution >= 0.6 is 0 Å². The lowest BCUT2D eigenvalue weighted by atomic mass is 9.85. The Bertz CT molecular complexity index is 1050. The molecule has 1 aliphatic rings. The van der Waals surface area contributed by atoms with Crippen LogP contribution in [0.5, 0.6) is 0 Å². The minimum Gasteiger partial charge on any atom is -0.350 e. The number of hydrogen-bond acceptors (Lipinski definition) is 3. The highest BCUT2D eigenvalue weighted by molar-refractivity contribution is 5.98. The van der Waals surface area contributed by atoms with Gasteiger partial charge >= 0.3 is 0 Å². The topological polar surface area (TPSA) is 76.0 Å². The summed E-state index contributed by atoms with van der Waals surface area (Å²) in [4.78, 5) is 31.0. The minimum atomic E-state index is -0.962. The van der Waals surface area contributed by atoms with Crippen LogP contribution in [0.4, 0.5) is 8.78 Å². The number of halogens is 2. The Hall–Kier alpha value is -2.77. The molecule has 0 fully saturated rings. The predicted octanol–water partition coefficient (Wildman–Crippen LogP) is 4.61. The van der Waals surface area contributed by atoms with Crippen LogP contribution in [0.2, 0.25) is 0 Å². The van der Waals surface area contributed by atoms with Gasteiger partial charge in [-0.15, -0.1) is 0 Å². The summed E-state index contributed by atoms with van der Waals surface area (Å²) in [5.74, 6) is -2.18. The maximum Gasteiger partial charge on any atom is 0.272 e. The molecule has 0 spiro atoms. The largest absolute Gasteiger partial charge is 0.350 e. The van der Waals surface area contributed by atoms with E-state index in [-0.39, 0.29) is 11.6 Å². The average Bonchev–Trinajstić information content (AvgIpc) is 2.87. The van der Waals surface area contributed by atoms with E-state index >= 15 is 0 Å². The molecule has 1 aromatic heterocycles. The molecule has 6 nitrogen and oxygen atoms in total. The summed E-state index contributed by atoms with van der Waals surface area (Å²) >= 11 is 0. The molecule has 0 unspecified atom stereocenters. The van der Waals surface area contributed by atoms with Crippen molar-refractivity contribution in [1.82, 2.24) is 20.2 Å². The van der Waals surface area contributed by atoms with Crippen LogP contribution in [0.25, 0.3) is 11.4 Å². The van der Waals surface area contributed by atoms with Crippen LogP contribution in [-0.2, 0) is 17.8 Å². The Morgan fingerprint density at radius 2 is 1.73 bits per heavy atom. The van der Waals surface area contributed by atoms with Crippen LogP contribution in [0.3, 0.4) is 0 Å². The van der Waals surface area contributed by atoms with Gasteiger partial charge in [0.05, 0.1) is 5.69 Å². The quantitative estimate of drug-likeness (QED) is 0.699. The van der Waals surface area contributed by atoms with E-state index in [1.807, 2.05) is 46.1 Å². The van der Waals surface area contributed by atoms with E-state index in [0.29, 0.717) is 24.4 Å². The second-order valence-electron chi connectivity index (χ2n) is 10.8. The number of amides is 2. The van der Waals surface area contributed by atoms with Crippen molar-refractivity contribution in [2.24, 2.45) is 5.41 Å². The standard InChI is InChI=1S/C25H34F2N4O2/c1-24(2,3)20(23(33)30-25(4,5)6)29-22(32)19-18-10-8-7-9-13-31(18)21(28-19)15-11-12-16(26)17(27)14-15/h11-12,14,20H,7-10,13H2,1-6H3,(H,29,32)(H,30,33)/t20-/m1/s1. The molecule has 0 bridgehead atoms. The fourth-order valence-corrected chi connectivity index (χ4v) is 4.07. The summed E-state index contributed by atoms with van der Waals surface area (Å²) in [6.45, 7) is 12.0. The van der Waals surface area contributed by atoms with Gasteiger partial charge in [-0.1, -0.05) is 27.2 Å². The van der Waals surface area contributed by atoms with Crippen molar-refractivity contribution in [2.45, 2.75) is 85.4 Å². The molecule has 0 radical (unpaired) electrons. The van der Waals surface area contributed by atoms with Crippen LogP contribution < -0.4 is 10.6 Å². The van der Waals surface area contributed by atoms with E-state index in [1.165, 1.54) is 6.07 Å². The van der Waals surface area contributed by atoms with Crippen molar-refractivity contribution in [3.63, 3.8) is 0 Å². The maximum absolute atomic E-state index is 13.9. The second-order valence-corrected chi connectivity index (χ2v) is 10.8. The average molecular weight is 461 g/mol. The van der Waals surface area contributed by atoms with Gasteiger partial charge in [0.15, 0.2) is 11.6 Å². The number of carbonyl (C=O) groups is 2. The van der Waals surface area contributed by atoms with E-state index in [4.69, 9.17) is 0 Å². The number of rotatable bonds is 4. The zero-order chi connectivity index (χ0) is 24.6. The Morgan fingerprint density at radius 3 is 2.33 bits per heavy atom. The molecule has 33 heavy (non-hydrogen) atoms. The third-order valence-corrected chi connectivity index (χ3v) is 5.66. The number of carbonyl (C=O) groups excluding carboxylic acids is 2. The molecule has 3 rings (SSSR count). The van der Waals surface area contributed by atoms with Gasteiger partial charge in [0.2, 0.25) is 5.91 Å². The number of hydrogen-bond donors (Lipinski definition) is 2. The van der Waals surface area contributed by atoms with Crippen molar-refractivity contribution in [2.75, 3.05) is 0 Å². The minimum absolute atomic E-state index is 0.231. The van der Waals surface area contributed by atoms with Crippen molar-refractivity contribution < 1.29 is 18.4 Å². The number of nitrogens with one attached hydrogen (secondary N) is 2. The Morgan fingerprint density at radius 1 is 1.03 bits per heavy atom. The van der Waals surface area contributed by atoms with Crippen molar-refractivity contribution in [3.05, 3.63) is 41.2 Å². The van der Waals surface area contributed by atoms with Crippen LogP contribution in [0.15, 0.2) is 18.2 Å². The summed E-state index contributed by atoms with van der Waals surface area (Å²) < 4.78 is 29.4. The fourth-order valence-electron chi connectivity index (χ4n) is 4.07. The third-order valence-electron chi connectivity index (χ3n) is 5.66. The summed E-state index contributed by atoms with van der Waals surface area (Å²) in [6.07, 6.45) is 3.45. The first kappa shape index (κ1) is 24.9. The van der Waals surface area contributed by atoms with E-state index in [0.717, 1.165) is 37.1 Å². The number of nitrogens with zero attached hydrogens (tertiary/aromatic N) is 2. The van der Waals surface area contributed by atoms with Gasteiger partial charge in [0, 0.05) is 17.6 Å². The molecule has 0 aliphatic carbocycles. The normalized spacial score (nSPS) is 15.4. The molecular weight excluding hydrogens is 426 g/mol. The Balaban J connectivity index is 2.00. The molecule has 1 aromatic carbocycles. The summed E-state index contributed by atoms with van der Waals surface area (Å²) in [5.41, 5.74) is 0.415. The molecule has 1 aliphatic heterocycles. The predicted molar refractivity (Wildman–Crippen MR) is 124 cm³/mol. The van der Waals surface area contributed by atoms with Crippen LogP contribution in [0, 0.1) is 17.0 Å². The van der Waals surface area contributed by atoms with Crippen molar-refractivity contribution in [3.8, 4) is 11.4 Å². The fraction of sp³-hybridized carbons (Fsp3) is 0.560. The molecule has 180 valence electrons. The highest BCUT2D eigenvalue weighted by Gasteiger charge is 2.36. The van der Waals surface area contributed by atoms with E-state index in [9.17, 15) is 18.4 Å². The van der Waals surface area contributed by atoms with Gasteiger partial charge in [-0.25, -0.2) is 13.8 Å². The lowest BCUT2D eigenvalue weighted by Crippen LogP contribution is -2.57. The first-order valence-corrected chi connectivity index (χ1v) is 11.5. The zero-order valence-electron chi connectivity index (χ0n) is 20.3. The van der Waals surface area contributed by atoms with E-state index in [1.54, 1.807) is 0 Å². The Labute approximate surface area is 194 Å². The van der Waals surface area contributed by atoms with Gasteiger partial charge in [0.1, 0.15) is 17.6 Å². The second kappa shape index (κ2) is 9.23. The van der Waals surface area contributed by atoms with Gasteiger partial charge in [-0.2, -0.15) is 0 Å². The van der Waals surface area contributed by atoms with Gasteiger partial charge in [0.25, 0.3) is 5.91 Å². The molecule has 2 N–H and O–H groups in total. The molecule has 2 heterocycles. The first-order chi connectivity index (χ1) is 15.3. The lowest BCUT2D eigenvalue weighted by molar-refractivity contribution is -0.126. The zero-order valence-corrected chi connectivity index (χ0v) is 20.3. The lowest BCUT2D eigenvalue weighted by Gasteiger charge is -2.33. The third kappa shape index (κ3) is 5.78. The monoisotopic (exact) mass is 460 g/mol.